The lowest BCUT2D eigenvalue weighted by Crippen LogP contribution is -1.78. The van der Waals surface area contributed by atoms with Crippen LogP contribution in [0.25, 0.3) is 11.0 Å². The number of fused-ring (bicyclic) bond motifs is 1. The van der Waals surface area contributed by atoms with Crippen molar-refractivity contribution in [1.29, 1.82) is 0 Å². The zero-order valence-corrected chi connectivity index (χ0v) is 9.19. The number of furan rings is 1. The minimum Gasteiger partial charge on any atom is -0.457 e. The summed E-state index contributed by atoms with van der Waals surface area (Å²) in [4.78, 5) is 0. The summed E-state index contributed by atoms with van der Waals surface area (Å²) in [5.74, 6) is -0.147. The van der Waals surface area contributed by atoms with E-state index >= 15 is 0 Å². The van der Waals surface area contributed by atoms with E-state index in [0.717, 1.165) is 0 Å². The van der Waals surface area contributed by atoms with Gasteiger partial charge in [0.05, 0.1) is 14.9 Å². The van der Waals surface area contributed by atoms with E-state index in [9.17, 15) is 4.39 Å². The summed E-state index contributed by atoms with van der Waals surface area (Å²) in [7, 11) is 0. The second-order valence-electron chi connectivity index (χ2n) is 2.77. The number of rotatable bonds is 1. The SMILES string of the molecule is OCc1cc2c(F)c(Br)cc(Cl)c2o1. The first kappa shape index (κ1) is 9.96. The highest BCUT2D eigenvalue weighted by molar-refractivity contribution is 9.10. The molecule has 1 heterocycles. The Morgan fingerprint density at radius 2 is 2.21 bits per heavy atom. The van der Waals surface area contributed by atoms with E-state index in [1.807, 2.05) is 0 Å². The van der Waals surface area contributed by atoms with Gasteiger partial charge in [0.15, 0.2) is 5.58 Å². The third-order valence-corrected chi connectivity index (χ3v) is 2.71. The Labute approximate surface area is 92.4 Å². The monoisotopic (exact) mass is 278 g/mol. The molecule has 0 atom stereocenters. The predicted octanol–water partition coefficient (Wildman–Crippen LogP) is 3.48. The van der Waals surface area contributed by atoms with Crippen molar-refractivity contribution >= 4 is 38.5 Å². The Balaban J connectivity index is 2.84. The number of halogens is 3. The first-order valence-corrected chi connectivity index (χ1v) is 4.97. The minimum absolute atomic E-state index is 0.261. The summed E-state index contributed by atoms with van der Waals surface area (Å²) in [6.07, 6.45) is 0. The summed E-state index contributed by atoms with van der Waals surface area (Å²) in [5.41, 5.74) is 0.261. The Morgan fingerprint density at radius 3 is 2.86 bits per heavy atom. The summed E-state index contributed by atoms with van der Waals surface area (Å²) in [6.45, 7) is -0.276. The molecule has 0 radical (unpaired) electrons. The highest BCUT2D eigenvalue weighted by Gasteiger charge is 2.14. The van der Waals surface area contributed by atoms with Gasteiger partial charge in [0, 0.05) is 0 Å². The predicted molar refractivity (Wildman–Crippen MR) is 54.8 cm³/mol. The molecular weight excluding hydrogens is 274 g/mol. The van der Waals surface area contributed by atoms with E-state index in [0.29, 0.717) is 10.8 Å². The first-order valence-electron chi connectivity index (χ1n) is 3.80. The average Bonchev–Trinajstić information content (AvgIpc) is 2.58. The molecule has 5 heteroatoms. The Morgan fingerprint density at radius 1 is 1.50 bits per heavy atom. The van der Waals surface area contributed by atoms with E-state index < -0.39 is 5.82 Å². The Hall–Kier alpha value is -0.580. The molecule has 0 aliphatic rings. The number of aliphatic hydroxyl groups excluding tert-OH is 1. The van der Waals surface area contributed by atoms with Gasteiger partial charge in [0.1, 0.15) is 18.2 Å². The van der Waals surface area contributed by atoms with Crippen LogP contribution in [0.4, 0.5) is 4.39 Å². The molecule has 0 aliphatic carbocycles. The molecule has 2 nitrogen and oxygen atoms in total. The van der Waals surface area contributed by atoms with Crippen molar-refractivity contribution in [2.45, 2.75) is 6.61 Å². The van der Waals surface area contributed by atoms with Crippen LogP contribution in [0, 0.1) is 5.82 Å². The van der Waals surface area contributed by atoms with Gasteiger partial charge in [-0.25, -0.2) is 4.39 Å². The summed E-state index contributed by atoms with van der Waals surface area (Å²) in [6, 6.07) is 2.85. The van der Waals surface area contributed by atoms with Crippen LogP contribution in [0.3, 0.4) is 0 Å². The number of aliphatic hydroxyl groups is 1. The number of hydrogen-bond donors (Lipinski definition) is 1. The van der Waals surface area contributed by atoms with Crippen LogP contribution in [0.5, 0.6) is 0 Å². The lowest BCUT2D eigenvalue weighted by molar-refractivity contribution is 0.251. The molecule has 1 aromatic carbocycles. The van der Waals surface area contributed by atoms with Crippen molar-refractivity contribution in [2.24, 2.45) is 0 Å². The second kappa shape index (κ2) is 3.53. The zero-order valence-electron chi connectivity index (χ0n) is 6.85. The second-order valence-corrected chi connectivity index (χ2v) is 4.03. The van der Waals surface area contributed by atoms with Crippen molar-refractivity contribution in [3.8, 4) is 0 Å². The lowest BCUT2D eigenvalue weighted by Gasteiger charge is -1.96. The topological polar surface area (TPSA) is 33.4 Å². The van der Waals surface area contributed by atoms with Crippen LogP contribution in [0.15, 0.2) is 21.0 Å². The molecule has 1 aromatic heterocycles. The molecule has 0 fully saturated rings. The van der Waals surface area contributed by atoms with Crippen molar-refractivity contribution in [2.75, 3.05) is 0 Å². The summed E-state index contributed by atoms with van der Waals surface area (Å²) >= 11 is 8.87. The summed E-state index contributed by atoms with van der Waals surface area (Å²) < 4.78 is 18.9. The van der Waals surface area contributed by atoms with Crippen LogP contribution in [0.1, 0.15) is 5.76 Å². The van der Waals surface area contributed by atoms with Crippen molar-refractivity contribution in [3.05, 3.63) is 33.2 Å². The van der Waals surface area contributed by atoms with Gasteiger partial charge < -0.3 is 9.52 Å². The molecule has 0 unspecified atom stereocenters. The van der Waals surface area contributed by atoms with Crippen LogP contribution >= 0.6 is 27.5 Å². The molecule has 0 saturated heterocycles. The Bertz CT molecular complexity index is 495. The normalized spacial score (nSPS) is 11.1. The maximum atomic E-state index is 13.5. The van der Waals surface area contributed by atoms with E-state index in [-0.39, 0.29) is 22.0 Å². The number of benzene rings is 1. The maximum Gasteiger partial charge on any atom is 0.156 e. The molecular formula is C9H5BrClFO2. The fourth-order valence-electron chi connectivity index (χ4n) is 1.23. The Kier molecular flexibility index (Phi) is 2.51. The average molecular weight is 279 g/mol. The third-order valence-electron chi connectivity index (χ3n) is 1.86. The van der Waals surface area contributed by atoms with E-state index in [4.69, 9.17) is 21.1 Å². The van der Waals surface area contributed by atoms with Gasteiger partial charge in [-0.2, -0.15) is 0 Å². The zero-order chi connectivity index (χ0) is 10.3. The fraction of sp³-hybridized carbons (Fsp3) is 0.111. The highest BCUT2D eigenvalue weighted by Crippen LogP contribution is 2.33. The van der Waals surface area contributed by atoms with Crippen LogP contribution in [0.2, 0.25) is 5.02 Å². The number of hydrogen-bond acceptors (Lipinski definition) is 2. The van der Waals surface area contributed by atoms with Gasteiger partial charge in [0.2, 0.25) is 0 Å². The highest BCUT2D eigenvalue weighted by atomic mass is 79.9. The maximum absolute atomic E-state index is 13.5. The molecule has 74 valence electrons. The molecule has 2 rings (SSSR count). The van der Waals surface area contributed by atoms with Crippen LogP contribution < -0.4 is 0 Å². The lowest BCUT2D eigenvalue weighted by atomic mass is 10.2. The molecule has 0 spiro atoms. The minimum atomic E-state index is -0.437. The first-order chi connectivity index (χ1) is 6.63. The largest absolute Gasteiger partial charge is 0.457 e. The van der Waals surface area contributed by atoms with Gasteiger partial charge in [-0.1, -0.05) is 11.6 Å². The standard InChI is InChI=1S/C9H5BrClFO2/c10-6-2-7(11)9-5(8(6)12)1-4(3-13)14-9/h1-2,13H,3H2. The van der Waals surface area contributed by atoms with Gasteiger partial charge in [-0.05, 0) is 28.1 Å². The quantitative estimate of drug-likeness (QED) is 0.811. The third kappa shape index (κ3) is 1.43. The van der Waals surface area contributed by atoms with Gasteiger partial charge in [-0.15, -0.1) is 0 Å². The molecule has 2 aromatic rings. The van der Waals surface area contributed by atoms with Crippen molar-refractivity contribution in [3.63, 3.8) is 0 Å². The van der Waals surface area contributed by atoms with Crippen molar-refractivity contribution < 1.29 is 13.9 Å². The van der Waals surface area contributed by atoms with Gasteiger partial charge >= 0.3 is 0 Å². The molecule has 0 bridgehead atoms. The fourth-order valence-corrected chi connectivity index (χ4v) is 2.05. The van der Waals surface area contributed by atoms with Gasteiger partial charge in [0.25, 0.3) is 0 Å². The molecule has 0 saturated carbocycles. The molecule has 1 N–H and O–H groups in total. The van der Waals surface area contributed by atoms with Crippen LogP contribution in [-0.2, 0) is 6.61 Å². The van der Waals surface area contributed by atoms with E-state index in [1.165, 1.54) is 12.1 Å². The van der Waals surface area contributed by atoms with E-state index in [1.54, 1.807) is 0 Å². The van der Waals surface area contributed by atoms with Crippen molar-refractivity contribution in [1.82, 2.24) is 0 Å². The molecule has 0 aliphatic heterocycles. The molecule has 14 heavy (non-hydrogen) atoms. The smallest absolute Gasteiger partial charge is 0.156 e. The van der Waals surface area contributed by atoms with Crippen LogP contribution in [-0.4, -0.2) is 5.11 Å². The summed E-state index contributed by atoms with van der Waals surface area (Å²) in [5, 5.41) is 9.40. The van der Waals surface area contributed by atoms with Gasteiger partial charge in [-0.3, -0.25) is 0 Å². The molecule has 0 amide bonds. The van der Waals surface area contributed by atoms with E-state index in [2.05, 4.69) is 15.9 Å².